The van der Waals surface area contributed by atoms with Crippen molar-refractivity contribution in [2.75, 3.05) is 6.61 Å². The zero-order valence-electron chi connectivity index (χ0n) is 15.9. The predicted molar refractivity (Wildman–Crippen MR) is 99.3 cm³/mol. The normalized spacial score (nSPS) is 30.1. The molecular formula is C20H29FO3S. The average Bonchev–Trinajstić information content (AvgIpc) is 2.55. The van der Waals surface area contributed by atoms with Crippen molar-refractivity contribution in [1.29, 1.82) is 0 Å². The molecule has 140 valence electrons. The van der Waals surface area contributed by atoms with Crippen molar-refractivity contribution in [2.24, 2.45) is 17.3 Å². The molecule has 0 amide bonds. The number of alkyl halides is 1. The van der Waals surface area contributed by atoms with Crippen LogP contribution in [0.5, 0.6) is 0 Å². The van der Waals surface area contributed by atoms with Crippen molar-refractivity contribution in [3.63, 3.8) is 0 Å². The zero-order chi connectivity index (χ0) is 18.8. The number of rotatable bonds is 4. The van der Waals surface area contributed by atoms with Crippen LogP contribution < -0.4 is 0 Å². The summed E-state index contributed by atoms with van der Waals surface area (Å²) < 4.78 is 26.0. The van der Waals surface area contributed by atoms with Crippen LogP contribution in [0.2, 0.25) is 0 Å². The molecule has 5 unspecified atom stereocenters. The van der Waals surface area contributed by atoms with Crippen LogP contribution >= 0.6 is 11.8 Å². The highest BCUT2D eigenvalue weighted by molar-refractivity contribution is 7.99. The quantitative estimate of drug-likeness (QED) is 0.700. The summed E-state index contributed by atoms with van der Waals surface area (Å²) in [5.41, 5.74) is 0.435. The SMILES string of the molecule is Cc1ccc(SC2OC(COC(=O)C(C)(C)C)C(F)C(C)C2C)cc1. The van der Waals surface area contributed by atoms with Gasteiger partial charge >= 0.3 is 5.97 Å². The Balaban J connectivity index is 2.03. The second-order valence-electron chi connectivity index (χ2n) is 7.98. The second kappa shape index (κ2) is 8.09. The van der Waals surface area contributed by atoms with E-state index in [9.17, 15) is 9.18 Å². The van der Waals surface area contributed by atoms with Crippen molar-refractivity contribution in [2.45, 2.75) is 64.1 Å². The van der Waals surface area contributed by atoms with Crippen molar-refractivity contribution in [1.82, 2.24) is 0 Å². The van der Waals surface area contributed by atoms with Crippen molar-refractivity contribution in [3.05, 3.63) is 29.8 Å². The van der Waals surface area contributed by atoms with E-state index in [0.717, 1.165) is 4.90 Å². The molecule has 0 aliphatic carbocycles. The standard InChI is InChI=1S/C20H29FO3S/c1-12-7-9-15(10-8-12)25-18-14(3)13(2)17(21)16(24-18)11-23-19(22)20(4,5)6/h7-10,13-14,16-18H,11H2,1-6H3. The Bertz CT molecular complexity index is 582. The minimum absolute atomic E-state index is 0.0424. The molecule has 25 heavy (non-hydrogen) atoms. The van der Waals surface area contributed by atoms with Crippen LogP contribution in [0.4, 0.5) is 4.39 Å². The number of thioether (sulfide) groups is 1. The van der Waals surface area contributed by atoms with Gasteiger partial charge in [0.2, 0.25) is 0 Å². The fourth-order valence-electron chi connectivity index (χ4n) is 2.64. The number of hydrogen-bond donors (Lipinski definition) is 0. The lowest BCUT2D eigenvalue weighted by Crippen LogP contribution is -2.48. The molecule has 2 rings (SSSR count). The summed E-state index contributed by atoms with van der Waals surface area (Å²) in [4.78, 5) is 13.1. The van der Waals surface area contributed by atoms with Gasteiger partial charge in [-0.2, -0.15) is 0 Å². The van der Waals surface area contributed by atoms with Crippen LogP contribution in [0.15, 0.2) is 29.2 Å². The molecule has 3 nitrogen and oxygen atoms in total. The summed E-state index contributed by atoms with van der Waals surface area (Å²) >= 11 is 1.60. The van der Waals surface area contributed by atoms with Crippen LogP contribution in [0.3, 0.4) is 0 Å². The molecule has 0 N–H and O–H groups in total. The molecule has 1 aromatic rings. The summed E-state index contributed by atoms with van der Waals surface area (Å²) in [7, 11) is 0. The van der Waals surface area contributed by atoms with Gasteiger partial charge in [0.05, 0.1) is 5.41 Å². The lowest BCUT2D eigenvalue weighted by molar-refractivity contribution is -0.169. The summed E-state index contributed by atoms with van der Waals surface area (Å²) in [6.45, 7) is 11.3. The molecule has 1 aliphatic heterocycles. The molecule has 0 radical (unpaired) electrons. The summed E-state index contributed by atoms with van der Waals surface area (Å²) in [5, 5.41) is 0. The van der Waals surface area contributed by atoms with E-state index in [1.807, 2.05) is 20.8 Å². The maximum atomic E-state index is 14.7. The van der Waals surface area contributed by atoms with Crippen LogP contribution in [-0.4, -0.2) is 30.3 Å². The van der Waals surface area contributed by atoms with Crippen molar-refractivity contribution in [3.8, 4) is 0 Å². The molecule has 1 saturated heterocycles. The van der Waals surface area contributed by atoms with E-state index in [2.05, 4.69) is 24.3 Å². The van der Waals surface area contributed by atoms with E-state index < -0.39 is 17.7 Å². The highest BCUT2D eigenvalue weighted by Gasteiger charge is 2.43. The fourth-order valence-corrected chi connectivity index (χ4v) is 3.86. The third kappa shape index (κ3) is 5.20. The molecule has 0 bridgehead atoms. The predicted octanol–water partition coefficient (Wildman–Crippen LogP) is 5.01. The minimum atomic E-state index is -1.14. The van der Waals surface area contributed by atoms with Gasteiger partial charge in [0.15, 0.2) is 0 Å². The van der Waals surface area contributed by atoms with E-state index >= 15 is 0 Å². The molecule has 0 saturated carbocycles. The molecule has 1 heterocycles. The van der Waals surface area contributed by atoms with Crippen LogP contribution in [0, 0.1) is 24.2 Å². The van der Waals surface area contributed by atoms with Crippen molar-refractivity contribution >= 4 is 17.7 Å². The number of ether oxygens (including phenoxy) is 2. The van der Waals surface area contributed by atoms with Gasteiger partial charge in [0, 0.05) is 4.90 Å². The van der Waals surface area contributed by atoms with Gasteiger partial charge in [0.25, 0.3) is 0 Å². The number of aryl methyl sites for hydroxylation is 1. The Morgan fingerprint density at radius 2 is 1.80 bits per heavy atom. The highest BCUT2D eigenvalue weighted by atomic mass is 32.2. The first-order valence-electron chi connectivity index (χ1n) is 8.79. The van der Waals surface area contributed by atoms with E-state index in [-0.39, 0.29) is 29.8 Å². The molecule has 0 aromatic heterocycles. The van der Waals surface area contributed by atoms with Gasteiger partial charge in [-0.3, -0.25) is 4.79 Å². The summed E-state index contributed by atoms with van der Waals surface area (Å²) in [6.07, 6.45) is -1.86. The first-order chi connectivity index (χ1) is 11.6. The number of benzene rings is 1. The summed E-state index contributed by atoms with van der Waals surface area (Å²) in [5.74, 6) is -0.428. The Hall–Kier alpha value is -1.07. The monoisotopic (exact) mass is 368 g/mol. The number of halogens is 1. The van der Waals surface area contributed by atoms with Crippen LogP contribution in [0.1, 0.15) is 40.2 Å². The maximum absolute atomic E-state index is 14.7. The Kier molecular flexibility index (Phi) is 6.55. The third-order valence-electron chi connectivity index (χ3n) is 4.69. The third-order valence-corrected chi connectivity index (χ3v) is 6.01. The average molecular weight is 369 g/mol. The van der Waals surface area contributed by atoms with Gasteiger partial charge in [-0.05, 0) is 51.7 Å². The number of carbonyl (C=O) groups excluding carboxylic acids is 1. The van der Waals surface area contributed by atoms with E-state index in [0.29, 0.717) is 0 Å². The lowest BCUT2D eigenvalue weighted by atomic mass is 9.87. The molecule has 1 aliphatic rings. The highest BCUT2D eigenvalue weighted by Crippen LogP contribution is 2.40. The van der Waals surface area contributed by atoms with Gasteiger partial charge in [0.1, 0.15) is 24.3 Å². The molecule has 5 heteroatoms. The molecule has 0 spiro atoms. The minimum Gasteiger partial charge on any atom is -0.462 e. The molecule has 1 aromatic carbocycles. The molecule has 5 atom stereocenters. The lowest BCUT2D eigenvalue weighted by Gasteiger charge is -2.41. The molecular weight excluding hydrogens is 339 g/mol. The zero-order valence-corrected chi connectivity index (χ0v) is 16.7. The number of hydrogen-bond acceptors (Lipinski definition) is 4. The number of esters is 1. The Labute approximate surface area is 154 Å². The van der Waals surface area contributed by atoms with Gasteiger partial charge < -0.3 is 9.47 Å². The van der Waals surface area contributed by atoms with Gasteiger partial charge in [-0.1, -0.05) is 43.3 Å². The Morgan fingerprint density at radius 1 is 1.20 bits per heavy atom. The van der Waals surface area contributed by atoms with Crippen LogP contribution in [0.25, 0.3) is 0 Å². The maximum Gasteiger partial charge on any atom is 0.311 e. The second-order valence-corrected chi connectivity index (χ2v) is 9.16. The van der Waals surface area contributed by atoms with E-state index in [1.54, 1.807) is 32.5 Å². The van der Waals surface area contributed by atoms with Gasteiger partial charge in [-0.15, -0.1) is 0 Å². The molecule has 1 fully saturated rings. The van der Waals surface area contributed by atoms with E-state index in [4.69, 9.17) is 9.47 Å². The summed E-state index contributed by atoms with van der Waals surface area (Å²) in [6, 6.07) is 8.22. The smallest absolute Gasteiger partial charge is 0.311 e. The fraction of sp³-hybridized carbons (Fsp3) is 0.650. The van der Waals surface area contributed by atoms with Gasteiger partial charge in [-0.25, -0.2) is 4.39 Å². The van der Waals surface area contributed by atoms with Crippen LogP contribution in [-0.2, 0) is 14.3 Å². The first-order valence-corrected chi connectivity index (χ1v) is 9.67. The topological polar surface area (TPSA) is 35.5 Å². The first kappa shape index (κ1) is 20.2. The van der Waals surface area contributed by atoms with E-state index in [1.165, 1.54) is 5.56 Å². The van der Waals surface area contributed by atoms with Crippen molar-refractivity contribution < 1.29 is 18.7 Å². The largest absolute Gasteiger partial charge is 0.462 e. The Morgan fingerprint density at radius 3 is 2.36 bits per heavy atom. The number of carbonyl (C=O) groups is 1.